The zero-order chi connectivity index (χ0) is 15.7. The molecule has 2 aromatic carbocycles. The van der Waals surface area contributed by atoms with E-state index in [0.717, 1.165) is 24.3 Å². The van der Waals surface area contributed by atoms with E-state index in [2.05, 4.69) is 21.2 Å². The Morgan fingerprint density at radius 1 is 1.10 bits per heavy atom. The molecule has 110 valence electrons. The van der Waals surface area contributed by atoms with Crippen LogP contribution in [0, 0.1) is 17.5 Å². The molecule has 0 aromatic heterocycles. The Bertz CT molecular complexity index is 715. The Labute approximate surface area is 125 Å². The van der Waals surface area contributed by atoms with Crippen molar-refractivity contribution in [1.29, 1.82) is 0 Å². The van der Waals surface area contributed by atoms with Gasteiger partial charge in [-0.05, 0) is 24.3 Å². The summed E-state index contributed by atoms with van der Waals surface area (Å²) < 4.78 is 41.2. The van der Waals surface area contributed by atoms with Crippen molar-refractivity contribution in [1.82, 2.24) is 0 Å². The van der Waals surface area contributed by atoms with Gasteiger partial charge in [-0.3, -0.25) is 0 Å². The Hall–Kier alpha value is -2.22. The maximum absolute atomic E-state index is 13.7. The van der Waals surface area contributed by atoms with E-state index in [1.165, 1.54) is 0 Å². The van der Waals surface area contributed by atoms with E-state index in [0.29, 0.717) is 0 Å². The number of halogens is 4. The summed E-state index contributed by atoms with van der Waals surface area (Å²) in [7, 11) is 0. The van der Waals surface area contributed by atoms with Crippen LogP contribution < -0.4 is 11.1 Å². The lowest BCUT2D eigenvalue weighted by Gasteiger charge is -2.12. The van der Waals surface area contributed by atoms with Gasteiger partial charge in [0.25, 0.3) is 0 Å². The van der Waals surface area contributed by atoms with Gasteiger partial charge in [0, 0.05) is 10.2 Å². The molecule has 0 heterocycles. The molecule has 0 atom stereocenters. The van der Waals surface area contributed by atoms with Crippen molar-refractivity contribution >= 4 is 39.0 Å². The first-order valence-electron chi connectivity index (χ1n) is 5.53. The summed E-state index contributed by atoms with van der Waals surface area (Å²) in [4.78, 5) is 10.9. The van der Waals surface area contributed by atoms with E-state index in [1.807, 2.05) is 0 Å². The molecule has 0 bridgehead atoms. The average molecular weight is 361 g/mol. The molecule has 0 fully saturated rings. The second kappa shape index (κ2) is 5.65. The Balaban J connectivity index is 2.50. The third-order valence-corrected chi connectivity index (χ3v) is 3.09. The van der Waals surface area contributed by atoms with Crippen LogP contribution in [0.4, 0.5) is 30.2 Å². The van der Waals surface area contributed by atoms with Gasteiger partial charge in [0.05, 0.1) is 11.3 Å². The van der Waals surface area contributed by atoms with Crippen LogP contribution in [0.2, 0.25) is 0 Å². The summed E-state index contributed by atoms with van der Waals surface area (Å²) in [6.45, 7) is 0. The number of nitrogen functional groups attached to an aromatic ring is 1. The van der Waals surface area contributed by atoms with Gasteiger partial charge in [-0.15, -0.1) is 0 Å². The van der Waals surface area contributed by atoms with Crippen LogP contribution in [-0.2, 0) is 0 Å². The van der Waals surface area contributed by atoms with Gasteiger partial charge in [-0.2, -0.15) is 0 Å². The highest BCUT2D eigenvalue weighted by molar-refractivity contribution is 9.10. The first-order valence-corrected chi connectivity index (χ1v) is 6.32. The molecular weight excluding hydrogens is 353 g/mol. The van der Waals surface area contributed by atoms with E-state index >= 15 is 0 Å². The van der Waals surface area contributed by atoms with E-state index in [1.54, 1.807) is 0 Å². The van der Waals surface area contributed by atoms with Crippen LogP contribution >= 0.6 is 15.9 Å². The van der Waals surface area contributed by atoms with Crippen LogP contribution in [0.25, 0.3) is 0 Å². The van der Waals surface area contributed by atoms with Crippen molar-refractivity contribution in [2.45, 2.75) is 0 Å². The topological polar surface area (TPSA) is 75.3 Å². The van der Waals surface area contributed by atoms with Gasteiger partial charge in [0.15, 0.2) is 11.6 Å². The lowest BCUT2D eigenvalue weighted by atomic mass is 10.1. The molecule has 0 amide bonds. The van der Waals surface area contributed by atoms with Crippen molar-refractivity contribution in [3.05, 3.63) is 51.8 Å². The van der Waals surface area contributed by atoms with Crippen LogP contribution in [0.3, 0.4) is 0 Å². The second-order valence-corrected chi connectivity index (χ2v) is 5.01. The molecule has 4 nitrogen and oxygen atoms in total. The molecule has 2 rings (SSSR count). The summed E-state index contributed by atoms with van der Waals surface area (Å²) in [5.41, 5.74) is 3.69. The summed E-state index contributed by atoms with van der Waals surface area (Å²) in [5, 5.41) is 11.1. The summed E-state index contributed by atoms with van der Waals surface area (Å²) in [6.07, 6.45) is 0. The number of carboxylic acids is 1. The fourth-order valence-electron chi connectivity index (χ4n) is 1.67. The molecular formula is C13H8BrF3N2O2. The van der Waals surface area contributed by atoms with Gasteiger partial charge in [0.1, 0.15) is 11.5 Å². The molecule has 0 saturated heterocycles. The summed E-state index contributed by atoms with van der Waals surface area (Å²) in [5.74, 6) is -4.24. The average Bonchev–Trinajstić information content (AvgIpc) is 2.35. The smallest absolute Gasteiger partial charge is 0.337 e. The third kappa shape index (κ3) is 3.10. The van der Waals surface area contributed by atoms with Gasteiger partial charge in [-0.25, -0.2) is 18.0 Å². The predicted molar refractivity (Wildman–Crippen MR) is 75.1 cm³/mol. The SMILES string of the molecule is Nc1cc(F)c(Nc2c(F)cc(Br)cc2F)cc1C(=O)O. The van der Waals surface area contributed by atoms with E-state index in [9.17, 15) is 18.0 Å². The molecule has 0 saturated carbocycles. The molecule has 8 heteroatoms. The minimum atomic E-state index is -1.38. The maximum atomic E-state index is 13.7. The van der Waals surface area contributed by atoms with Crippen molar-refractivity contribution in [2.75, 3.05) is 11.1 Å². The van der Waals surface area contributed by atoms with Crippen LogP contribution in [0.15, 0.2) is 28.7 Å². The van der Waals surface area contributed by atoms with Gasteiger partial charge in [-0.1, -0.05) is 15.9 Å². The Kier molecular flexibility index (Phi) is 4.08. The predicted octanol–water partition coefficient (Wildman–Crippen LogP) is 3.89. The van der Waals surface area contributed by atoms with E-state index in [4.69, 9.17) is 10.8 Å². The monoisotopic (exact) mass is 360 g/mol. The maximum Gasteiger partial charge on any atom is 0.337 e. The van der Waals surface area contributed by atoms with Gasteiger partial charge in [0.2, 0.25) is 0 Å². The standard InChI is InChI=1S/C13H8BrF3N2O2/c14-5-1-8(16)12(9(17)2-5)19-11-3-6(13(20)21)10(18)4-7(11)15/h1-4,19H,18H2,(H,20,21). The largest absolute Gasteiger partial charge is 0.478 e. The van der Waals surface area contributed by atoms with E-state index in [-0.39, 0.29) is 15.7 Å². The van der Waals surface area contributed by atoms with Crippen LogP contribution in [0.5, 0.6) is 0 Å². The first-order chi connectivity index (χ1) is 9.79. The summed E-state index contributed by atoms with van der Waals surface area (Å²) >= 11 is 2.91. The highest BCUT2D eigenvalue weighted by Crippen LogP contribution is 2.30. The fraction of sp³-hybridized carbons (Fsp3) is 0. The Morgan fingerprint density at radius 2 is 1.67 bits per heavy atom. The summed E-state index contributed by atoms with van der Waals surface area (Å²) in [6, 6.07) is 3.60. The van der Waals surface area contributed by atoms with Crippen LogP contribution in [0.1, 0.15) is 10.4 Å². The number of carbonyl (C=O) groups is 1. The minimum Gasteiger partial charge on any atom is -0.478 e. The molecule has 0 aliphatic rings. The van der Waals surface area contributed by atoms with Crippen molar-refractivity contribution < 1.29 is 23.1 Å². The molecule has 0 aliphatic carbocycles. The number of benzene rings is 2. The quantitative estimate of drug-likeness (QED) is 0.725. The zero-order valence-electron chi connectivity index (χ0n) is 10.3. The van der Waals surface area contributed by atoms with E-state index < -0.39 is 34.8 Å². The highest BCUT2D eigenvalue weighted by Gasteiger charge is 2.16. The number of nitrogens with two attached hydrogens (primary N) is 1. The number of anilines is 3. The molecule has 0 aliphatic heterocycles. The normalized spacial score (nSPS) is 10.5. The molecule has 0 spiro atoms. The minimum absolute atomic E-state index is 0.173. The van der Waals surface area contributed by atoms with Crippen molar-refractivity contribution in [3.8, 4) is 0 Å². The first kappa shape index (κ1) is 15.2. The van der Waals surface area contributed by atoms with Gasteiger partial charge < -0.3 is 16.2 Å². The molecule has 0 unspecified atom stereocenters. The van der Waals surface area contributed by atoms with Crippen molar-refractivity contribution in [2.24, 2.45) is 0 Å². The second-order valence-electron chi connectivity index (χ2n) is 4.09. The Morgan fingerprint density at radius 3 is 2.19 bits per heavy atom. The van der Waals surface area contributed by atoms with Crippen molar-refractivity contribution in [3.63, 3.8) is 0 Å². The zero-order valence-corrected chi connectivity index (χ0v) is 11.8. The molecule has 21 heavy (non-hydrogen) atoms. The third-order valence-electron chi connectivity index (χ3n) is 2.64. The molecule has 4 N–H and O–H groups in total. The number of nitrogens with one attached hydrogen (secondary N) is 1. The molecule has 2 aromatic rings. The fourth-order valence-corrected chi connectivity index (χ4v) is 2.07. The lowest BCUT2D eigenvalue weighted by Crippen LogP contribution is -2.06. The highest BCUT2D eigenvalue weighted by atomic mass is 79.9. The number of hydrogen-bond acceptors (Lipinski definition) is 3. The van der Waals surface area contributed by atoms with Crippen LogP contribution in [-0.4, -0.2) is 11.1 Å². The number of hydrogen-bond donors (Lipinski definition) is 3. The number of rotatable bonds is 3. The van der Waals surface area contributed by atoms with Gasteiger partial charge >= 0.3 is 5.97 Å². The molecule has 0 radical (unpaired) electrons. The number of aromatic carboxylic acids is 1. The number of carboxylic acid groups (broad SMARTS) is 1. The lowest BCUT2D eigenvalue weighted by molar-refractivity contribution is 0.0698.